The number of rotatable bonds is 6. The van der Waals surface area contributed by atoms with Crippen LogP contribution < -0.4 is 16.0 Å². The number of carbonyl (C=O) groups excluding carboxylic acids is 2. The summed E-state index contributed by atoms with van der Waals surface area (Å²) in [7, 11) is 0. The van der Waals surface area contributed by atoms with E-state index in [0.717, 1.165) is 25.1 Å². The average Bonchev–Trinajstić information content (AvgIpc) is 3.28. The normalized spacial score (nSPS) is 16.8. The number of benzene rings is 1. The standard InChI is InChI=1S/C18H21N3O3/c22-17(10-14-7-8-19-11-14)20-12-13-3-5-15(6-4-13)21-18(23)16-2-1-9-24-16/h1-6,9,14,19H,7-8,10-12H2,(H,20,22)(H,21,23). The van der Waals surface area contributed by atoms with Crippen LogP contribution in [0.3, 0.4) is 0 Å². The van der Waals surface area contributed by atoms with Gasteiger partial charge in [-0.2, -0.15) is 0 Å². The molecule has 3 rings (SSSR count). The van der Waals surface area contributed by atoms with Gasteiger partial charge in [-0.25, -0.2) is 0 Å². The van der Waals surface area contributed by atoms with E-state index in [9.17, 15) is 9.59 Å². The molecular formula is C18H21N3O3. The van der Waals surface area contributed by atoms with Crippen molar-refractivity contribution in [2.45, 2.75) is 19.4 Å². The molecule has 1 atom stereocenters. The summed E-state index contributed by atoms with van der Waals surface area (Å²) in [6.07, 6.45) is 3.10. The third-order valence-electron chi connectivity index (χ3n) is 4.08. The lowest BCUT2D eigenvalue weighted by Crippen LogP contribution is -2.25. The van der Waals surface area contributed by atoms with Gasteiger partial charge in [0.1, 0.15) is 0 Å². The van der Waals surface area contributed by atoms with Crippen molar-refractivity contribution in [3.63, 3.8) is 0 Å². The number of hydrogen-bond acceptors (Lipinski definition) is 4. The zero-order valence-corrected chi connectivity index (χ0v) is 13.4. The van der Waals surface area contributed by atoms with Crippen LogP contribution in [0.5, 0.6) is 0 Å². The van der Waals surface area contributed by atoms with E-state index in [4.69, 9.17) is 4.42 Å². The molecule has 2 heterocycles. The molecule has 2 aromatic rings. The summed E-state index contributed by atoms with van der Waals surface area (Å²) in [5.74, 6) is 0.516. The minimum absolute atomic E-state index is 0.0823. The van der Waals surface area contributed by atoms with Gasteiger partial charge in [-0.15, -0.1) is 0 Å². The summed E-state index contributed by atoms with van der Waals surface area (Å²) in [5.41, 5.74) is 1.67. The first-order valence-corrected chi connectivity index (χ1v) is 8.12. The minimum atomic E-state index is -0.286. The zero-order chi connectivity index (χ0) is 16.8. The summed E-state index contributed by atoms with van der Waals surface area (Å²) < 4.78 is 5.05. The van der Waals surface area contributed by atoms with E-state index in [-0.39, 0.29) is 17.6 Å². The lowest BCUT2D eigenvalue weighted by Gasteiger charge is -2.10. The van der Waals surface area contributed by atoms with Crippen LogP contribution in [0.4, 0.5) is 5.69 Å². The van der Waals surface area contributed by atoms with E-state index in [2.05, 4.69) is 16.0 Å². The molecule has 1 fully saturated rings. The Kier molecular flexibility index (Phi) is 5.28. The quantitative estimate of drug-likeness (QED) is 0.759. The van der Waals surface area contributed by atoms with Crippen LogP contribution in [-0.2, 0) is 11.3 Å². The molecule has 1 aromatic carbocycles. The fourth-order valence-electron chi connectivity index (χ4n) is 2.73. The molecule has 1 aliphatic rings. The Balaban J connectivity index is 1.45. The van der Waals surface area contributed by atoms with Gasteiger partial charge >= 0.3 is 0 Å². The maximum atomic E-state index is 11.9. The molecule has 1 aliphatic heterocycles. The molecule has 1 unspecified atom stereocenters. The molecule has 24 heavy (non-hydrogen) atoms. The molecule has 0 saturated carbocycles. The highest BCUT2D eigenvalue weighted by atomic mass is 16.3. The largest absolute Gasteiger partial charge is 0.459 e. The Morgan fingerprint density at radius 3 is 2.71 bits per heavy atom. The van der Waals surface area contributed by atoms with E-state index < -0.39 is 0 Å². The van der Waals surface area contributed by atoms with Crippen LogP contribution in [0.25, 0.3) is 0 Å². The molecule has 126 valence electrons. The number of hydrogen-bond donors (Lipinski definition) is 3. The van der Waals surface area contributed by atoms with E-state index in [0.29, 0.717) is 24.6 Å². The summed E-state index contributed by atoms with van der Waals surface area (Å²) in [6.45, 7) is 2.42. The number of anilines is 1. The Labute approximate surface area is 140 Å². The van der Waals surface area contributed by atoms with Crippen LogP contribution in [0.2, 0.25) is 0 Å². The van der Waals surface area contributed by atoms with E-state index in [1.165, 1.54) is 6.26 Å². The Bertz CT molecular complexity index is 674. The molecule has 2 amide bonds. The first-order chi connectivity index (χ1) is 11.7. The first kappa shape index (κ1) is 16.3. The van der Waals surface area contributed by atoms with E-state index in [1.807, 2.05) is 24.3 Å². The summed E-state index contributed by atoms with van der Waals surface area (Å²) >= 11 is 0. The first-order valence-electron chi connectivity index (χ1n) is 8.12. The molecule has 6 nitrogen and oxygen atoms in total. The predicted octanol–water partition coefficient (Wildman–Crippen LogP) is 2.15. The second-order valence-electron chi connectivity index (χ2n) is 5.97. The van der Waals surface area contributed by atoms with Crippen LogP contribution in [0.15, 0.2) is 47.1 Å². The Hall–Kier alpha value is -2.60. The van der Waals surface area contributed by atoms with Gasteiger partial charge in [-0.1, -0.05) is 12.1 Å². The van der Waals surface area contributed by atoms with Crippen molar-refractivity contribution in [1.82, 2.24) is 10.6 Å². The molecule has 6 heteroatoms. The molecule has 0 bridgehead atoms. The fraction of sp³-hybridized carbons (Fsp3) is 0.333. The number of amides is 2. The van der Waals surface area contributed by atoms with Gasteiger partial charge in [0.05, 0.1) is 6.26 Å². The molecule has 0 aliphatic carbocycles. The van der Waals surface area contributed by atoms with Crippen molar-refractivity contribution in [3.8, 4) is 0 Å². The van der Waals surface area contributed by atoms with Crippen LogP contribution in [0, 0.1) is 5.92 Å². The second kappa shape index (κ2) is 7.79. The van der Waals surface area contributed by atoms with Gasteiger partial charge in [0.2, 0.25) is 5.91 Å². The Morgan fingerprint density at radius 1 is 1.21 bits per heavy atom. The van der Waals surface area contributed by atoms with Crippen molar-refractivity contribution in [2.75, 3.05) is 18.4 Å². The number of carbonyl (C=O) groups is 2. The maximum Gasteiger partial charge on any atom is 0.291 e. The van der Waals surface area contributed by atoms with Crippen molar-refractivity contribution in [3.05, 3.63) is 54.0 Å². The second-order valence-corrected chi connectivity index (χ2v) is 5.97. The lowest BCUT2D eigenvalue weighted by atomic mass is 10.0. The van der Waals surface area contributed by atoms with Gasteiger partial charge in [0.15, 0.2) is 5.76 Å². The van der Waals surface area contributed by atoms with Crippen LogP contribution >= 0.6 is 0 Å². The van der Waals surface area contributed by atoms with Crippen molar-refractivity contribution < 1.29 is 14.0 Å². The van der Waals surface area contributed by atoms with Gasteiger partial charge in [0.25, 0.3) is 5.91 Å². The summed E-state index contributed by atoms with van der Waals surface area (Å²) in [6, 6.07) is 10.7. The zero-order valence-electron chi connectivity index (χ0n) is 13.4. The van der Waals surface area contributed by atoms with Gasteiger partial charge in [-0.05, 0) is 55.3 Å². The van der Waals surface area contributed by atoms with E-state index >= 15 is 0 Å². The van der Waals surface area contributed by atoms with Gasteiger partial charge in [-0.3, -0.25) is 9.59 Å². The predicted molar refractivity (Wildman–Crippen MR) is 90.5 cm³/mol. The van der Waals surface area contributed by atoms with Crippen LogP contribution in [-0.4, -0.2) is 24.9 Å². The number of nitrogens with one attached hydrogen (secondary N) is 3. The van der Waals surface area contributed by atoms with Gasteiger partial charge in [0, 0.05) is 18.7 Å². The third-order valence-corrected chi connectivity index (χ3v) is 4.08. The SMILES string of the molecule is O=C(CC1CCNC1)NCc1ccc(NC(=O)c2ccco2)cc1. The summed E-state index contributed by atoms with van der Waals surface area (Å²) in [4.78, 5) is 23.8. The molecule has 1 saturated heterocycles. The highest BCUT2D eigenvalue weighted by Crippen LogP contribution is 2.13. The molecule has 0 radical (unpaired) electrons. The molecule has 1 aromatic heterocycles. The Morgan fingerprint density at radius 2 is 2.04 bits per heavy atom. The molecular weight excluding hydrogens is 306 g/mol. The van der Waals surface area contributed by atoms with Crippen molar-refractivity contribution >= 4 is 17.5 Å². The van der Waals surface area contributed by atoms with Crippen molar-refractivity contribution in [2.24, 2.45) is 5.92 Å². The molecule has 3 N–H and O–H groups in total. The van der Waals surface area contributed by atoms with Gasteiger partial charge < -0.3 is 20.4 Å². The fourth-order valence-corrected chi connectivity index (χ4v) is 2.73. The maximum absolute atomic E-state index is 11.9. The average molecular weight is 327 g/mol. The smallest absolute Gasteiger partial charge is 0.291 e. The van der Waals surface area contributed by atoms with Crippen molar-refractivity contribution in [1.29, 1.82) is 0 Å². The molecule has 0 spiro atoms. The number of furan rings is 1. The van der Waals surface area contributed by atoms with E-state index in [1.54, 1.807) is 12.1 Å². The van der Waals surface area contributed by atoms with Crippen LogP contribution in [0.1, 0.15) is 29.0 Å². The monoisotopic (exact) mass is 327 g/mol. The third kappa shape index (κ3) is 4.45. The summed E-state index contributed by atoms with van der Waals surface area (Å²) in [5, 5.41) is 8.96. The highest BCUT2D eigenvalue weighted by molar-refractivity contribution is 6.02. The topological polar surface area (TPSA) is 83.4 Å². The minimum Gasteiger partial charge on any atom is -0.459 e. The highest BCUT2D eigenvalue weighted by Gasteiger charge is 2.17. The lowest BCUT2D eigenvalue weighted by molar-refractivity contribution is -0.122.